The van der Waals surface area contributed by atoms with Crippen LogP contribution in [0.1, 0.15) is 26.2 Å². The average molecular weight is 300 g/mol. The van der Waals surface area contributed by atoms with Gasteiger partial charge in [0.15, 0.2) is 0 Å². The first-order valence-electron chi connectivity index (χ1n) is 7.09. The zero-order valence-electron chi connectivity index (χ0n) is 12.8. The van der Waals surface area contributed by atoms with Gasteiger partial charge in [-0.05, 0) is 19.3 Å². The Hall–Kier alpha value is -1.99. The molecule has 21 heavy (non-hydrogen) atoms. The van der Waals surface area contributed by atoms with Crippen molar-refractivity contribution in [2.24, 2.45) is 0 Å². The maximum atomic E-state index is 12.1. The molecule has 0 saturated carbocycles. The molecule has 1 unspecified atom stereocenters. The first-order chi connectivity index (χ1) is 9.85. The first-order valence-corrected chi connectivity index (χ1v) is 7.09. The van der Waals surface area contributed by atoms with Gasteiger partial charge in [0, 0.05) is 33.7 Å². The normalized spacial score (nSPS) is 21.0. The maximum Gasteiger partial charge on any atom is 0.329 e. The van der Waals surface area contributed by atoms with Gasteiger partial charge >= 0.3 is 18.0 Å². The molecule has 1 rings (SSSR count). The molecule has 8 nitrogen and oxygen atoms in total. The van der Waals surface area contributed by atoms with E-state index in [0.717, 1.165) is 0 Å². The second kappa shape index (κ2) is 7.14. The van der Waals surface area contributed by atoms with E-state index in [2.05, 4.69) is 10.6 Å². The number of likely N-dealkylation sites (tertiary alicyclic amines) is 1. The van der Waals surface area contributed by atoms with Crippen LogP contribution in [0.5, 0.6) is 0 Å². The Morgan fingerprint density at radius 3 is 2.38 bits per heavy atom. The van der Waals surface area contributed by atoms with Gasteiger partial charge < -0.3 is 25.5 Å². The van der Waals surface area contributed by atoms with Crippen LogP contribution >= 0.6 is 0 Å². The van der Waals surface area contributed by atoms with Gasteiger partial charge in [-0.25, -0.2) is 14.4 Å². The molecule has 0 aromatic heterocycles. The first kappa shape index (κ1) is 17.1. The van der Waals surface area contributed by atoms with Gasteiger partial charge in [0.05, 0.1) is 0 Å². The monoisotopic (exact) mass is 300 g/mol. The molecule has 8 heteroatoms. The van der Waals surface area contributed by atoms with E-state index in [-0.39, 0.29) is 12.6 Å². The number of nitrogens with zero attached hydrogens (tertiary/aromatic N) is 2. The number of hydrogen-bond acceptors (Lipinski definition) is 3. The lowest BCUT2D eigenvalue weighted by atomic mass is 9.93. The number of carboxylic acid groups (broad SMARTS) is 1. The summed E-state index contributed by atoms with van der Waals surface area (Å²) in [5.74, 6) is -0.960. The highest BCUT2D eigenvalue weighted by atomic mass is 16.4. The van der Waals surface area contributed by atoms with Gasteiger partial charge in [-0.1, -0.05) is 6.92 Å². The van der Waals surface area contributed by atoms with E-state index in [9.17, 15) is 19.5 Å². The molecule has 0 aliphatic carbocycles. The Morgan fingerprint density at radius 2 is 1.86 bits per heavy atom. The Bertz CT molecular complexity index is 413. The van der Waals surface area contributed by atoms with Gasteiger partial charge in [0.1, 0.15) is 5.54 Å². The molecule has 1 saturated heterocycles. The zero-order valence-corrected chi connectivity index (χ0v) is 12.8. The molecule has 1 aliphatic rings. The third kappa shape index (κ3) is 3.77. The number of urea groups is 2. The van der Waals surface area contributed by atoms with E-state index in [4.69, 9.17) is 0 Å². The Kier molecular flexibility index (Phi) is 5.80. The molecule has 1 aliphatic heterocycles. The van der Waals surface area contributed by atoms with Gasteiger partial charge in [-0.2, -0.15) is 0 Å². The maximum absolute atomic E-state index is 12.1. The summed E-state index contributed by atoms with van der Waals surface area (Å²) in [6.07, 6.45) is 1.54. The molecule has 1 heterocycles. The Labute approximate surface area is 124 Å². The summed E-state index contributed by atoms with van der Waals surface area (Å²) in [6, 6.07) is -0.630. The summed E-state index contributed by atoms with van der Waals surface area (Å²) in [4.78, 5) is 37.7. The number of aliphatic carboxylic acids is 1. The average Bonchev–Trinajstić information content (AvgIpc) is 2.88. The third-order valence-electron chi connectivity index (χ3n) is 3.80. The van der Waals surface area contributed by atoms with E-state index < -0.39 is 17.5 Å². The fraction of sp³-hybridized carbons (Fsp3) is 0.769. The molecule has 4 amide bonds. The van der Waals surface area contributed by atoms with Crippen LogP contribution in [0.3, 0.4) is 0 Å². The summed E-state index contributed by atoms with van der Waals surface area (Å²) in [7, 11) is 3.25. The highest BCUT2D eigenvalue weighted by Gasteiger charge is 2.48. The van der Waals surface area contributed by atoms with Crippen molar-refractivity contribution in [2.45, 2.75) is 31.7 Å². The van der Waals surface area contributed by atoms with Gasteiger partial charge in [0.2, 0.25) is 0 Å². The van der Waals surface area contributed by atoms with Crippen molar-refractivity contribution >= 4 is 18.0 Å². The summed E-state index contributed by atoms with van der Waals surface area (Å²) < 4.78 is 0. The van der Waals surface area contributed by atoms with Crippen LogP contribution < -0.4 is 10.6 Å². The molecule has 0 radical (unpaired) electrons. The summed E-state index contributed by atoms with van der Waals surface area (Å²) in [5, 5.41) is 14.7. The van der Waals surface area contributed by atoms with Crippen LogP contribution in [0.25, 0.3) is 0 Å². The smallest absolute Gasteiger partial charge is 0.329 e. The highest BCUT2D eigenvalue weighted by Crippen LogP contribution is 2.32. The second-order valence-corrected chi connectivity index (χ2v) is 5.30. The molecule has 1 fully saturated rings. The predicted octanol–water partition coefficient (Wildman–Crippen LogP) is 0.296. The van der Waals surface area contributed by atoms with Crippen molar-refractivity contribution in [3.05, 3.63) is 0 Å². The lowest BCUT2D eigenvalue weighted by Gasteiger charge is -2.33. The molecular formula is C13H24N4O4. The number of nitrogens with one attached hydrogen (secondary N) is 2. The molecule has 0 aromatic carbocycles. The van der Waals surface area contributed by atoms with Crippen LogP contribution in [0.4, 0.5) is 9.59 Å². The lowest BCUT2D eigenvalue weighted by Crippen LogP contribution is -2.56. The summed E-state index contributed by atoms with van der Waals surface area (Å²) in [5.41, 5.74) is -1.10. The van der Waals surface area contributed by atoms with Gasteiger partial charge in [-0.3, -0.25) is 0 Å². The number of carbonyl (C=O) groups excluding carboxylic acids is 2. The Morgan fingerprint density at radius 1 is 1.24 bits per heavy atom. The standard InChI is InChI=1S/C13H24N4O4/c1-4-13(10(18)19)6-5-9-17(13)12(21)15-8-7-14-11(20)16(2)3/h4-9H2,1-3H3,(H,14,20)(H,15,21)(H,18,19). The molecule has 0 aromatic rings. The number of rotatable bonds is 5. The van der Waals surface area contributed by atoms with Crippen molar-refractivity contribution < 1.29 is 19.5 Å². The second-order valence-electron chi connectivity index (χ2n) is 5.30. The van der Waals surface area contributed by atoms with Crippen LogP contribution in [0.15, 0.2) is 0 Å². The number of carbonyl (C=O) groups is 3. The van der Waals surface area contributed by atoms with Crippen molar-refractivity contribution in [3.63, 3.8) is 0 Å². The molecule has 3 N–H and O–H groups in total. The Balaban J connectivity index is 2.48. The van der Waals surface area contributed by atoms with Crippen molar-refractivity contribution in [1.82, 2.24) is 20.4 Å². The van der Waals surface area contributed by atoms with Crippen LogP contribution in [-0.2, 0) is 4.79 Å². The summed E-state index contributed by atoms with van der Waals surface area (Å²) in [6.45, 7) is 2.77. The molecule has 120 valence electrons. The van der Waals surface area contributed by atoms with E-state index in [1.807, 2.05) is 0 Å². The van der Waals surface area contributed by atoms with Crippen molar-refractivity contribution in [3.8, 4) is 0 Å². The van der Waals surface area contributed by atoms with Crippen molar-refractivity contribution in [2.75, 3.05) is 33.7 Å². The van der Waals surface area contributed by atoms with E-state index >= 15 is 0 Å². The van der Waals surface area contributed by atoms with E-state index in [0.29, 0.717) is 32.4 Å². The number of amides is 4. The minimum Gasteiger partial charge on any atom is -0.479 e. The summed E-state index contributed by atoms with van der Waals surface area (Å²) >= 11 is 0. The molecule has 1 atom stereocenters. The van der Waals surface area contributed by atoms with E-state index in [1.165, 1.54) is 9.80 Å². The quantitative estimate of drug-likeness (QED) is 0.635. The SMILES string of the molecule is CCC1(C(=O)O)CCCN1C(=O)NCCNC(=O)N(C)C. The lowest BCUT2D eigenvalue weighted by molar-refractivity contribution is -0.148. The van der Waals surface area contributed by atoms with Gasteiger partial charge in [0.25, 0.3) is 0 Å². The van der Waals surface area contributed by atoms with Crippen LogP contribution in [0, 0.1) is 0 Å². The van der Waals surface area contributed by atoms with Gasteiger partial charge in [-0.15, -0.1) is 0 Å². The molecular weight excluding hydrogens is 276 g/mol. The zero-order chi connectivity index (χ0) is 16.0. The van der Waals surface area contributed by atoms with E-state index in [1.54, 1.807) is 21.0 Å². The fourth-order valence-electron chi connectivity index (χ4n) is 2.51. The topological polar surface area (TPSA) is 102 Å². The fourth-order valence-corrected chi connectivity index (χ4v) is 2.51. The number of carboxylic acids is 1. The van der Waals surface area contributed by atoms with Crippen molar-refractivity contribution in [1.29, 1.82) is 0 Å². The molecule has 0 bridgehead atoms. The van der Waals surface area contributed by atoms with Crippen LogP contribution in [-0.4, -0.2) is 72.2 Å². The predicted molar refractivity (Wildman–Crippen MR) is 77.1 cm³/mol. The van der Waals surface area contributed by atoms with Crippen LogP contribution in [0.2, 0.25) is 0 Å². The highest BCUT2D eigenvalue weighted by molar-refractivity contribution is 5.87. The third-order valence-corrected chi connectivity index (χ3v) is 3.80. The number of hydrogen-bond donors (Lipinski definition) is 3. The largest absolute Gasteiger partial charge is 0.479 e. The minimum absolute atomic E-state index is 0.237. The molecule has 0 spiro atoms. The minimum atomic E-state index is -1.10.